The molecule has 0 spiro atoms. The summed E-state index contributed by atoms with van der Waals surface area (Å²) in [5, 5.41) is 14.1. The topological polar surface area (TPSA) is 72.9 Å². The molecule has 0 radical (unpaired) electrons. The molecule has 0 bridgehead atoms. The fourth-order valence-electron chi connectivity index (χ4n) is 4.28. The minimum absolute atomic E-state index is 0.349. The molecule has 2 aromatic heterocycles. The summed E-state index contributed by atoms with van der Waals surface area (Å²) in [5.74, 6) is 0. The van der Waals surface area contributed by atoms with Crippen molar-refractivity contribution in [1.82, 2.24) is 19.1 Å². The van der Waals surface area contributed by atoms with E-state index in [2.05, 4.69) is 22.6 Å². The van der Waals surface area contributed by atoms with Gasteiger partial charge in [0.1, 0.15) is 0 Å². The van der Waals surface area contributed by atoms with Crippen LogP contribution in [0.5, 0.6) is 0 Å². The lowest BCUT2D eigenvalue weighted by molar-refractivity contribution is 0.117. The third-order valence-corrected chi connectivity index (χ3v) is 6.84. The Morgan fingerprint density at radius 3 is 2.26 bits per heavy atom. The molecule has 1 unspecified atom stereocenters. The molecule has 0 saturated carbocycles. The van der Waals surface area contributed by atoms with Gasteiger partial charge in [-0.25, -0.2) is 9.78 Å². The maximum absolute atomic E-state index is 12.6. The first-order valence-corrected chi connectivity index (χ1v) is 11.4. The van der Waals surface area contributed by atoms with E-state index in [1.54, 1.807) is 49.1 Å². The maximum Gasteiger partial charge on any atom is 0.348 e. The fourth-order valence-corrected chi connectivity index (χ4v) is 4.57. The first-order valence-electron chi connectivity index (χ1n) is 10.6. The minimum atomic E-state index is -1.57. The molecule has 2 heterocycles. The number of imidazole rings is 1. The minimum Gasteiger partial charge on any atom is -0.374 e. The van der Waals surface area contributed by atoms with Gasteiger partial charge in [-0.3, -0.25) is 4.57 Å². The molecule has 170 valence electrons. The molecule has 0 saturated heterocycles. The van der Waals surface area contributed by atoms with E-state index in [9.17, 15) is 9.90 Å². The van der Waals surface area contributed by atoms with Crippen LogP contribution in [-0.4, -0.2) is 24.2 Å². The smallest absolute Gasteiger partial charge is 0.348 e. The molecule has 1 N–H and O–H groups in total. The molecule has 1 atom stereocenters. The van der Waals surface area contributed by atoms with Crippen LogP contribution < -0.4 is 5.69 Å². The van der Waals surface area contributed by atoms with Gasteiger partial charge in [0.15, 0.2) is 10.8 Å². The van der Waals surface area contributed by atoms with Crippen LogP contribution in [0.2, 0.25) is 5.02 Å². The first kappa shape index (κ1) is 22.4. The summed E-state index contributed by atoms with van der Waals surface area (Å²) in [6, 6.07) is 22.1. The van der Waals surface area contributed by atoms with Crippen LogP contribution in [0.1, 0.15) is 16.8 Å². The number of hydrogen-bond acceptors (Lipinski definition) is 5. The van der Waals surface area contributed by atoms with E-state index in [-0.39, 0.29) is 5.69 Å². The van der Waals surface area contributed by atoms with Gasteiger partial charge in [0.25, 0.3) is 0 Å². The van der Waals surface area contributed by atoms with E-state index >= 15 is 0 Å². The van der Waals surface area contributed by atoms with Crippen LogP contribution in [0, 0.1) is 0 Å². The number of fused-ring (bicyclic) bond motifs is 1. The largest absolute Gasteiger partial charge is 0.374 e. The molecule has 0 aliphatic rings. The number of thiol groups is 1. The Balaban J connectivity index is 1.85. The standard InChI is InChI=1S/C26H21ClN4O2S/c1-30-21-13-10-18(14-20(21)23(29-24(30)32)16-6-4-3-5-7-16)26(33,17-8-11-19(27)12-9-17)22-15-28-25(34)31(22)2/h3-15,33H,1-2H3,(H,28,34). The second kappa shape index (κ2) is 8.43. The zero-order valence-electron chi connectivity index (χ0n) is 18.5. The van der Waals surface area contributed by atoms with Gasteiger partial charge in [-0.05, 0) is 35.4 Å². The zero-order chi connectivity index (χ0) is 24.0. The molecule has 8 heteroatoms. The highest BCUT2D eigenvalue weighted by molar-refractivity contribution is 7.80. The molecule has 0 fully saturated rings. The van der Waals surface area contributed by atoms with Gasteiger partial charge in [0.05, 0.1) is 23.1 Å². The number of rotatable bonds is 4. The first-order chi connectivity index (χ1) is 16.3. The van der Waals surface area contributed by atoms with Gasteiger partial charge >= 0.3 is 5.69 Å². The van der Waals surface area contributed by atoms with Crippen molar-refractivity contribution >= 4 is 35.1 Å². The van der Waals surface area contributed by atoms with Crippen LogP contribution in [0.4, 0.5) is 0 Å². The number of aromatic nitrogens is 4. The Kier molecular flexibility index (Phi) is 5.56. The Labute approximate surface area is 206 Å². The SMILES string of the molecule is Cn1c(C(O)(c2ccc(Cl)cc2)c2ccc3c(c2)c(-c2ccccc2)nc(=O)n3C)cnc1S. The molecule has 0 amide bonds. The molecule has 6 nitrogen and oxygen atoms in total. The molecule has 3 aromatic carbocycles. The van der Waals surface area contributed by atoms with E-state index in [1.165, 1.54) is 4.57 Å². The van der Waals surface area contributed by atoms with Gasteiger partial charge in [-0.2, -0.15) is 4.98 Å². The average Bonchev–Trinajstić information content (AvgIpc) is 3.20. The molecule has 5 rings (SSSR count). The normalized spacial score (nSPS) is 13.2. The third-order valence-electron chi connectivity index (χ3n) is 6.17. The molecular weight excluding hydrogens is 468 g/mol. The van der Waals surface area contributed by atoms with Gasteiger partial charge in [-0.15, -0.1) is 12.6 Å². The molecule has 34 heavy (non-hydrogen) atoms. The van der Waals surface area contributed by atoms with Crippen molar-refractivity contribution < 1.29 is 5.11 Å². The summed E-state index contributed by atoms with van der Waals surface area (Å²) in [6.07, 6.45) is 1.61. The van der Waals surface area contributed by atoms with Crippen molar-refractivity contribution in [3.05, 3.63) is 111 Å². The fraction of sp³-hybridized carbons (Fsp3) is 0.115. The number of nitrogens with zero attached hydrogens (tertiary/aromatic N) is 4. The Morgan fingerprint density at radius 1 is 0.941 bits per heavy atom. The predicted molar refractivity (Wildman–Crippen MR) is 136 cm³/mol. The van der Waals surface area contributed by atoms with Crippen LogP contribution in [-0.2, 0) is 19.7 Å². The van der Waals surface area contributed by atoms with Crippen LogP contribution in [0.15, 0.2) is 88.9 Å². The molecule has 0 aliphatic carbocycles. The lowest BCUT2D eigenvalue weighted by atomic mass is 9.83. The van der Waals surface area contributed by atoms with Gasteiger partial charge in [-0.1, -0.05) is 60.1 Å². The van der Waals surface area contributed by atoms with Crippen molar-refractivity contribution in [3.8, 4) is 11.3 Å². The summed E-state index contributed by atoms with van der Waals surface area (Å²) in [5.41, 5.74) is 1.92. The van der Waals surface area contributed by atoms with Gasteiger partial charge in [0, 0.05) is 30.1 Å². The highest BCUT2D eigenvalue weighted by Crippen LogP contribution is 2.39. The van der Waals surface area contributed by atoms with Crippen LogP contribution in [0.25, 0.3) is 22.2 Å². The number of benzene rings is 3. The average molecular weight is 489 g/mol. The van der Waals surface area contributed by atoms with Crippen molar-refractivity contribution in [3.63, 3.8) is 0 Å². The number of aliphatic hydroxyl groups is 1. The third kappa shape index (κ3) is 3.53. The number of halogens is 1. The van der Waals surface area contributed by atoms with E-state index in [0.29, 0.717) is 38.2 Å². The summed E-state index contributed by atoms with van der Waals surface area (Å²) in [6.45, 7) is 0. The molecular formula is C26H21ClN4O2S. The maximum atomic E-state index is 12.6. The Hall–Kier alpha value is -3.39. The summed E-state index contributed by atoms with van der Waals surface area (Å²) < 4.78 is 3.24. The van der Waals surface area contributed by atoms with Crippen molar-refractivity contribution in [1.29, 1.82) is 0 Å². The van der Waals surface area contributed by atoms with E-state index in [0.717, 1.165) is 10.9 Å². The van der Waals surface area contributed by atoms with Gasteiger partial charge in [0.2, 0.25) is 0 Å². The zero-order valence-corrected chi connectivity index (χ0v) is 20.1. The van der Waals surface area contributed by atoms with Crippen molar-refractivity contribution in [2.75, 3.05) is 0 Å². The lowest BCUT2D eigenvalue weighted by Gasteiger charge is -2.30. The second-order valence-corrected chi connectivity index (χ2v) is 8.96. The summed E-state index contributed by atoms with van der Waals surface area (Å²) >= 11 is 10.5. The Bertz CT molecular complexity index is 1580. The van der Waals surface area contributed by atoms with Crippen molar-refractivity contribution in [2.45, 2.75) is 10.8 Å². The highest BCUT2D eigenvalue weighted by atomic mass is 35.5. The molecule has 0 aliphatic heterocycles. The van der Waals surface area contributed by atoms with E-state index in [1.807, 2.05) is 48.5 Å². The quantitative estimate of drug-likeness (QED) is 0.364. The van der Waals surface area contributed by atoms with Crippen molar-refractivity contribution in [2.24, 2.45) is 14.1 Å². The predicted octanol–water partition coefficient (Wildman–Crippen LogP) is 4.56. The Morgan fingerprint density at radius 2 is 1.62 bits per heavy atom. The van der Waals surface area contributed by atoms with Crippen LogP contribution in [0.3, 0.4) is 0 Å². The number of hydrogen-bond donors (Lipinski definition) is 2. The van der Waals surface area contributed by atoms with E-state index < -0.39 is 5.60 Å². The van der Waals surface area contributed by atoms with E-state index in [4.69, 9.17) is 11.6 Å². The van der Waals surface area contributed by atoms with Gasteiger partial charge < -0.3 is 9.67 Å². The number of aryl methyl sites for hydroxylation is 1. The lowest BCUT2D eigenvalue weighted by Crippen LogP contribution is -2.31. The monoisotopic (exact) mass is 488 g/mol. The molecule has 5 aromatic rings. The summed E-state index contributed by atoms with van der Waals surface area (Å²) in [7, 11) is 3.49. The summed E-state index contributed by atoms with van der Waals surface area (Å²) in [4.78, 5) is 21.2. The second-order valence-electron chi connectivity index (χ2n) is 8.12. The highest BCUT2D eigenvalue weighted by Gasteiger charge is 2.37. The van der Waals surface area contributed by atoms with Crippen LogP contribution >= 0.6 is 24.2 Å².